The van der Waals surface area contributed by atoms with Gasteiger partial charge in [-0.25, -0.2) is 8.42 Å². The second kappa shape index (κ2) is 7.99. The first-order valence-electron chi connectivity index (χ1n) is 8.33. The van der Waals surface area contributed by atoms with Gasteiger partial charge in [0.05, 0.1) is 15.5 Å². The van der Waals surface area contributed by atoms with Gasteiger partial charge in [0.25, 0.3) is 25.7 Å². The molecule has 0 fully saturated rings. The lowest BCUT2D eigenvalue weighted by Crippen LogP contribution is -2.37. The molecule has 0 aliphatic rings. The maximum absolute atomic E-state index is 13.5. The standard InChI is InChI=1S/C18H15ClN2O6S3/c1-12-10-18(13(2)28-12)30(26,27)21(14-6-4-3-5-7-14)29(24,25)15-8-9-16(19)17(11-15)20(22)23/h3-11H,1-2H3. The molecule has 3 aromatic rings. The Hall–Kier alpha value is -2.47. The molecule has 0 aliphatic carbocycles. The summed E-state index contributed by atoms with van der Waals surface area (Å²) in [4.78, 5) is 10.8. The van der Waals surface area contributed by atoms with Crippen molar-refractivity contribution in [1.29, 1.82) is 0 Å². The van der Waals surface area contributed by atoms with Gasteiger partial charge >= 0.3 is 0 Å². The van der Waals surface area contributed by atoms with E-state index in [9.17, 15) is 26.9 Å². The zero-order valence-corrected chi connectivity index (χ0v) is 18.8. The van der Waals surface area contributed by atoms with E-state index in [1.165, 1.54) is 41.7 Å². The number of rotatable bonds is 6. The Kier molecular flexibility index (Phi) is 5.92. The molecule has 2 aromatic carbocycles. The predicted molar refractivity (Wildman–Crippen MR) is 115 cm³/mol. The first-order chi connectivity index (χ1) is 14.0. The molecule has 8 nitrogen and oxygen atoms in total. The third-order valence-corrected chi connectivity index (χ3v) is 9.81. The van der Waals surface area contributed by atoms with E-state index in [4.69, 9.17) is 11.6 Å². The number of aryl methyl sites for hydroxylation is 2. The quantitative estimate of drug-likeness (QED) is 0.374. The fraction of sp³-hybridized carbons (Fsp3) is 0.111. The van der Waals surface area contributed by atoms with Crippen molar-refractivity contribution in [2.45, 2.75) is 23.6 Å². The topological polar surface area (TPSA) is 115 Å². The highest BCUT2D eigenvalue weighted by molar-refractivity contribution is 8.10. The van der Waals surface area contributed by atoms with Crippen molar-refractivity contribution in [2.24, 2.45) is 0 Å². The summed E-state index contributed by atoms with van der Waals surface area (Å²) in [5, 5.41) is 10.9. The number of anilines is 1. The maximum atomic E-state index is 13.5. The van der Waals surface area contributed by atoms with Crippen LogP contribution in [0.3, 0.4) is 0 Å². The Bertz CT molecular complexity index is 1340. The Morgan fingerprint density at radius 2 is 1.60 bits per heavy atom. The summed E-state index contributed by atoms with van der Waals surface area (Å²) >= 11 is 7.00. The van der Waals surface area contributed by atoms with Crippen molar-refractivity contribution < 1.29 is 21.8 Å². The first kappa shape index (κ1) is 22.2. The van der Waals surface area contributed by atoms with Crippen molar-refractivity contribution in [1.82, 2.24) is 0 Å². The van der Waals surface area contributed by atoms with Gasteiger partial charge in [0.1, 0.15) is 9.92 Å². The lowest BCUT2D eigenvalue weighted by atomic mass is 10.3. The molecular formula is C18H15ClN2O6S3. The molecule has 1 aromatic heterocycles. The van der Waals surface area contributed by atoms with E-state index in [0.29, 0.717) is 13.5 Å². The van der Waals surface area contributed by atoms with Crippen LogP contribution in [0.15, 0.2) is 64.4 Å². The Balaban J connectivity index is 2.30. The fourth-order valence-electron chi connectivity index (χ4n) is 2.80. The average molecular weight is 487 g/mol. The van der Waals surface area contributed by atoms with Crippen molar-refractivity contribution in [3.63, 3.8) is 0 Å². The van der Waals surface area contributed by atoms with Gasteiger partial charge < -0.3 is 0 Å². The number of nitro groups is 1. The summed E-state index contributed by atoms with van der Waals surface area (Å²) < 4.78 is 54.1. The number of nitro benzene ring substituents is 1. The lowest BCUT2D eigenvalue weighted by molar-refractivity contribution is -0.384. The van der Waals surface area contributed by atoms with E-state index < -0.39 is 35.6 Å². The van der Waals surface area contributed by atoms with Gasteiger partial charge in [-0.2, -0.15) is 12.1 Å². The molecule has 0 N–H and O–H groups in total. The zero-order valence-electron chi connectivity index (χ0n) is 15.6. The van der Waals surface area contributed by atoms with E-state index >= 15 is 0 Å². The smallest absolute Gasteiger partial charge is 0.258 e. The molecule has 12 heteroatoms. The lowest BCUT2D eigenvalue weighted by Gasteiger charge is -2.24. The van der Waals surface area contributed by atoms with Crippen molar-refractivity contribution in [3.8, 4) is 0 Å². The number of sulfonamides is 2. The van der Waals surface area contributed by atoms with Crippen LogP contribution in [0.5, 0.6) is 0 Å². The van der Waals surface area contributed by atoms with Crippen molar-refractivity contribution in [3.05, 3.63) is 79.5 Å². The molecule has 0 atom stereocenters. The van der Waals surface area contributed by atoms with Gasteiger partial charge in [-0.15, -0.1) is 11.3 Å². The molecule has 0 saturated carbocycles. The van der Waals surface area contributed by atoms with E-state index in [1.807, 2.05) is 0 Å². The van der Waals surface area contributed by atoms with Crippen LogP contribution >= 0.6 is 22.9 Å². The second-order valence-corrected chi connectivity index (χ2v) is 11.8. The maximum Gasteiger partial charge on any atom is 0.289 e. The van der Waals surface area contributed by atoms with Crippen molar-refractivity contribution >= 4 is 54.4 Å². The summed E-state index contributed by atoms with van der Waals surface area (Å²) in [5.74, 6) is 0. The molecule has 0 saturated heterocycles. The average Bonchev–Trinajstić information content (AvgIpc) is 3.01. The summed E-state index contributed by atoms with van der Waals surface area (Å²) in [6.07, 6.45) is 0. The van der Waals surface area contributed by atoms with Crippen LogP contribution in [0.2, 0.25) is 5.02 Å². The molecule has 0 bridgehead atoms. The number of hydrogen-bond acceptors (Lipinski definition) is 7. The largest absolute Gasteiger partial charge is 0.289 e. The van der Waals surface area contributed by atoms with Crippen LogP contribution in [-0.2, 0) is 20.0 Å². The Morgan fingerprint density at radius 1 is 0.967 bits per heavy atom. The molecular weight excluding hydrogens is 472 g/mol. The highest BCUT2D eigenvalue weighted by Gasteiger charge is 2.39. The van der Waals surface area contributed by atoms with Crippen LogP contribution in [0.1, 0.15) is 9.75 Å². The van der Waals surface area contributed by atoms with Gasteiger partial charge in [-0.1, -0.05) is 29.8 Å². The number of para-hydroxylation sites is 1. The molecule has 0 unspecified atom stereocenters. The fourth-order valence-corrected chi connectivity index (χ4v) is 8.21. The number of halogens is 1. The summed E-state index contributed by atoms with van der Waals surface area (Å²) in [6.45, 7) is 3.29. The minimum absolute atomic E-state index is 0.127. The normalized spacial score (nSPS) is 12.0. The zero-order chi connectivity index (χ0) is 22.3. The van der Waals surface area contributed by atoms with Gasteiger partial charge in [0, 0.05) is 15.8 Å². The molecule has 30 heavy (non-hydrogen) atoms. The minimum atomic E-state index is -4.75. The molecule has 0 amide bonds. The van der Waals surface area contributed by atoms with E-state index in [2.05, 4.69) is 0 Å². The van der Waals surface area contributed by atoms with Crippen LogP contribution in [0, 0.1) is 24.0 Å². The van der Waals surface area contributed by atoms with Crippen molar-refractivity contribution in [2.75, 3.05) is 3.71 Å². The molecule has 1 heterocycles. The van der Waals surface area contributed by atoms with E-state index in [1.54, 1.807) is 19.9 Å². The highest BCUT2D eigenvalue weighted by Crippen LogP contribution is 2.36. The van der Waals surface area contributed by atoms with Crippen LogP contribution in [0.25, 0.3) is 0 Å². The summed E-state index contributed by atoms with van der Waals surface area (Å²) in [6, 6.07) is 11.5. The summed E-state index contributed by atoms with van der Waals surface area (Å²) in [5.41, 5.74) is -0.774. The van der Waals surface area contributed by atoms with Gasteiger partial charge in [0.15, 0.2) is 0 Å². The van der Waals surface area contributed by atoms with E-state index in [0.717, 1.165) is 18.2 Å². The third kappa shape index (κ3) is 3.93. The number of hydrogen-bond donors (Lipinski definition) is 0. The third-order valence-electron chi connectivity index (χ3n) is 4.09. The molecule has 0 spiro atoms. The van der Waals surface area contributed by atoms with Crippen LogP contribution < -0.4 is 3.71 Å². The number of benzene rings is 2. The SMILES string of the molecule is Cc1cc(S(=O)(=O)N(c2ccccc2)S(=O)(=O)c2ccc(Cl)c([N+](=O)[O-])c2)c(C)s1. The van der Waals surface area contributed by atoms with Gasteiger partial charge in [-0.3, -0.25) is 10.1 Å². The monoisotopic (exact) mass is 486 g/mol. The molecule has 158 valence electrons. The summed E-state index contributed by atoms with van der Waals surface area (Å²) in [7, 11) is -9.31. The Morgan fingerprint density at radius 3 is 2.13 bits per heavy atom. The number of nitrogens with zero attached hydrogens (tertiary/aromatic N) is 2. The van der Waals surface area contributed by atoms with Gasteiger partial charge in [-0.05, 0) is 44.2 Å². The first-order valence-corrected chi connectivity index (χ1v) is 12.4. The predicted octanol–water partition coefficient (Wildman–Crippen LogP) is 4.51. The van der Waals surface area contributed by atoms with Gasteiger partial charge in [0.2, 0.25) is 0 Å². The number of thiophene rings is 1. The van der Waals surface area contributed by atoms with Crippen LogP contribution in [-0.4, -0.2) is 21.8 Å². The Labute approximate surface area is 182 Å². The van der Waals surface area contributed by atoms with E-state index in [-0.39, 0.29) is 15.6 Å². The van der Waals surface area contributed by atoms with Crippen LogP contribution in [0.4, 0.5) is 11.4 Å². The molecule has 3 rings (SSSR count). The second-order valence-electron chi connectivity index (χ2n) is 6.19. The molecule has 0 radical (unpaired) electrons. The highest BCUT2D eigenvalue weighted by atomic mass is 35.5. The molecule has 0 aliphatic heterocycles. The minimum Gasteiger partial charge on any atom is -0.258 e.